The van der Waals surface area contributed by atoms with Gasteiger partial charge in [-0.05, 0) is 54.5 Å². The summed E-state index contributed by atoms with van der Waals surface area (Å²) in [5, 5.41) is 13.6. The van der Waals surface area contributed by atoms with Crippen molar-refractivity contribution in [2.24, 2.45) is 0 Å². The number of nitrogens with zero attached hydrogens (tertiary/aromatic N) is 1. The second-order valence-corrected chi connectivity index (χ2v) is 9.64. The minimum absolute atomic E-state index is 0.0476. The van der Waals surface area contributed by atoms with Gasteiger partial charge in [-0.1, -0.05) is 24.3 Å². The van der Waals surface area contributed by atoms with Gasteiger partial charge < -0.3 is 19.6 Å². The van der Waals surface area contributed by atoms with Crippen LogP contribution in [0, 0.1) is 13.8 Å². The highest BCUT2D eigenvalue weighted by Crippen LogP contribution is 2.33. The van der Waals surface area contributed by atoms with Gasteiger partial charge in [0.2, 0.25) is 5.91 Å². The lowest BCUT2D eigenvalue weighted by molar-refractivity contribution is -0.917. The Hall–Kier alpha value is -2.37. The minimum Gasteiger partial charge on any atom is -0.491 e. The van der Waals surface area contributed by atoms with Crippen LogP contribution in [0.1, 0.15) is 47.4 Å². The predicted molar refractivity (Wildman–Crippen MR) is 124 cm³/mol. The van der Waals surface area contributed by atoms with E-state index in [4.69, 9.17) is 4.74 Å². The molecule has 2 N–H and O–H groups in total. The normalized spacial score (nSPS) is 24.3. The number of aliphatic hydroxyl groups is 1. The van der Waals surface area contributed by atoms with Crippen LogP contribution in [0.25, 0.3) is 0 Å². The molecule has 0 bridgehead atoms. The third kappa shape index (κ3) is 5.10. The van der Waals surface area contributed by atoms with E-state index in [2.05, 4.69) is 44.4 Å². The number of amides is 1. The number of carbonyl (C=O) groups excluding carboxylic acids is 1. The van der Waals surface area contributed by atoms with Crippen LogP contribution in [0.4, 0.5) is 5.69 Å². The summed E-state index contributed by atoms with van der Waals surface area (Å²) in [5.74, 6) is 1.35. The summed E-state index contributed by atoms with van der Waals surface area (Å²) >= 11 is 0. The largest absolute Gasteiger partial charge is 0.491 e. The summed E-state index contributed by atoms with van der Waals surface area (Å²) < 4.78 is 6.74. The van der Waals surface area contributed by atoms with Gasteiger partial charge in [-0.2, -0.15) is 0 Å². The Morgan fingerprint density at radius 3 is 2.71 bits per heavy atom. The number of rotatable bonds is 6. The van der Waals surface area contributed by atoms with Gasteiger partial charge in [0, 0.05) is 31.0 Å². The van der Waals surface area contributed by atoms with Crippen molar-refractivity contribution in [3.8, 4) is 5.75 Å². The van der Waals surface area contributed by atoms with Gasteiger partial charge >= 0.3 is 0 Å². The Balaban J connectivity index is 1.29. The molecule has 2 aliphatic rings. The Bertz CT molecular complexity index is 948. The minimum atomic E-state index is -0.520. The second-order valence-electron chi connectivity index (χ2n) is 9.64. The molecule has 1 atom stereocenters. The third-order valence-electron chi connectivity index (χ3n) is 7.19. The highest BCUT2D eigenvalue weighted by atomic mass is 16.5. The van der Waals surface area contributed by atoms with E-state index >= 15 is 0 Å². The fraction of sp³-hybridized carbons (Fsp3) is 0.500. The number of ether oxygens (including phenoxy) is 1. The molecule has 2 aromatic rings. The van der Waals surface area contributed by atoms with E-state index in [-0.39, 0.29) is 12.5 Å². The fourth-order valence-electron chi connectivity index (χ4n) is 5.10. The average molecular weight is 424 g/mol. The van der Waals surface area contributed by atoms with Gasteiger partial charge in [0.05, 0.1) is 20.1 Å². The summed E-state index contributed by atoms with van der Waals surface area (Å²) in [6, 6.07) is 12.4. The molecule has 0 spiro atoms. The molecule has 5 heteroatoms. The first-order chi connectivity index (χ1) is 14.8. The van der Waals surface area contributed by atoms with Gasteiger partial charge in [0.1, 0.15) is 25.0 Å². The van der Waals surface area contributed by atoms with E-state index in [0.717, 1.165) is 48.1 Å². The van der Waals surface area contributed by atoms with Gasteiger partial charge in [0.25, 0.3) is 0 Å². The van der Waals surface area contributed by atoms with Crippen LogP contribution in [0.2, 0.25) is 0 Å². The standard InChI is InChI=1S/C26H34N2O3/c1-18-5-4-6-24(19(18)2)20-11-13-28(3,14-12-20)16-22(29)17-31-23-9-7-21-8-10-26(30)27-25(21)15-23/h4-7,9,15,20,22,29H,8,10-14,16-17H2,1-3H3/p+1. The quantitative estimate of drug-likeness (QED) is 0.692. The maximum Gasteiger partial charge on any atom is 0.224 e. The maximum atomic E-state index is 11.6. The summed E-state index contributed by atoms with van der Waals surface area (Å²) in [5.41, 5.74) is 6.26. The van der Waals surface area contributed by atoms with E-state index in [0.29, 0.717) is 24.6 Å². The van der Waals surface area contributed by atoms with E-state index < -0.39 is 6.10 Å². The Morgan fingerprint density at radius 1 is 1.16 bits per heavy atom. The lowest BCUT2D eigenvalue weighted by Gasteiger charge is -2.42. The number of piperidine rings is 1. The first-order valence-corrected chi connectivity index (χ1v) is 11.5. The van der Waals surface area contributed by atoms with Crippen LogP contribution < -0.4 is 10.1 Å². The van der Waals surface area contributed by atoms with Crippen molar-refractivity contribution < 1.29 is 19.1 Å². The molecular weight excluding hydrogens is 388 g/mol. The smallest absolute Gasteiger partial charge is 0.224 e. The van der Waals surface area contributed by atoms with Gasteiger partial charge in [-0.3, -0.25) is 4.79 Å². The number of quaternary nitrogens is 1. The second kappa shape index (κ2) is 9.01. The van der Waals surface area contributed by atoms with E-state index in [1.54, 1.807) is 0 Å². The number of nitrogens with one attached hydrogen (secondary N) is 1. The monoisotopic (exact) mass is 423 g/mol. The number of aryl methyl sites for hydroxylation is 2. The number of hydrogen-bond acceptors (Lipinski definition) is 3. The summed E-state index contributed by atoms with van der Waals surface area (Å²) in [6.45, 7) is 7.53. The Morgan fingerprint density at radius 2 is 1.94 bits per heavy atom. The summed E-state index contributed by atoms with van der Waals surface area (Å²) in [6.07, 6.45) is 3.08. The molecule has 5 nitrogen and oxygen atoms in total. The first-order valence-electron chi connectivity index (χ1n) is 11.5. The molecular formula is C26H35N2O3+. The van der Waals surface area contributed by atoms with Gasteiger partial charge in [-0.15, -0.1) is 0 Å². The van der Waals surface area contributed by atoms with Crippen LogP contribution in [-0.2, 0) is 11.2 Å². The van der Waals surface area contributed by atoms with E-state index in [1.807, 2.05) is 18.2 Å². The number of hydrogen-bond donors (Lipinski definition) is 2. The molecule has 0 saturated carbocycles. The highest BCUT2D eigenvalue weighted by molar-refractivity contribution is 5.94. The molecule has 2 aliphatic heterocycles. The lowest BCUT2D eigenvalue weighted by atomic mass is 9.84. The predicted octanol–water partition coefficient (Wildman–Crippen LogP) is 3.95. The van der Waals surface area contributed by atoms with Gasteiger partial charge in [0.15, 0.2) is 0 Å². The van der Waals surface area contributed by atoms with Crippen molar-refractivity contribution in [3.05, 3.63) is 58.7 Å². The van der Waals surface area contributed by atoms with Crippen molar-refractivity contribution in [1.29, 1.82) is 0 Å². The molecule has 1 unspecified atom stereocenters. The van der Waals surface area contributed by atoms with Crippen molar-refractivity contribution >= 4 is 11.6 Å². The van der Waals surface area contributed by atoms with Crippen LogP contribution in [0.3, 0.4) is 0 Å². The topological polar surface area (TPSA) is 58.6 Å². The van der Waals surface area contributed by atoms with Gasteiger partial charge in [-0.25, -0.2) is 0 Å². The van der Waals surface area contributed by atoms with E-state index in [1.165, 1.54) is 16.7 Å². The zero-order valence-electron chi connectivity index (χ0n) is 19.0. The molecule has 1 amide bonds. The SMILES string of the molecule is Cc1cccc(C2CC[N+](C)(CC(O)COc3ccc4c(c3)NC(=O)CC4)CC2)c1C. The van der Waals surface area contributed by atoms with Crippen LogP contribution in [0.5, 0.6) is 5.75 Å². The number of anilines is 1. The maximum absolute atomic E-state index is 11.6. The van der Waals surface area contributed by atoms with Crippen LogP contribution in [-0.4, -0.2) is 54.9 Å². The number of fused-ring (bicyclic) bond motifs is 1. The average Bonchev–Trinajstić information content (AvgIpc) is 2.74. The number of likely N-dealkylation sites (tertiary alicyclic amines) is 1. The summed E-state index contributed by atoms with van der Waals surface area (Å²) in [7, 11) is 2.25. The Labute approximate surface area is 185 Å². The molecule has 31 heavy (non-hydrogen) atoms. The number of benzene rings is 2. The molecule has 0 aromatic heterocycles. The molecule has 0 aliphatic carbocycles. The molecule has 1 saturated heterocycles. The molecule has 1 fully saturated rings. The van der Waals surface area contributed by atoms with E-state index in [9.17, 15) is 9.90 Å². The number of carbonyl (C=O) groups is 1. The van der Waals surface area contributed by atoms with Crippen molar-refractivity contribution in [2.75, 3.05) is 38.6 Å². The summed E-state index contributed by atoms with van der Waals surface area (Å²) in [4.78, 5) is 11.6. The van der Waals surface area contributed by atoms with Crippen molar-refractivity contribution in [1.82, 2.24) is 0 Å². The fourth-order valence-corrected chi connectivity index (χ4v) is 5.10. The zero-order valence-corrected chi connectivity index (χ0v) is 19.0. The zero-order chi connectivity index (χ0) is 22.0. The van der Waals surface area contributed by atoms with Crippen molar-refractivity contribution in [3.63, 3.8) is 0 Å². The molecule has 2 aromatic carbocycles. The molecule has 4 rings (SSSR count). The van der Waals surface area contributed by atoms with Crippen LogP contribution >= 0.6 is 0 Å². The number of aliphatic hydroxyl groups excluding tert-OH is 1. The Kier molecular flexibility index (Phi) is 6.35. The molecule has 0 radical (unpaired) electrons. The number of likely N-dealkylation sites (N-methyl/N-ethyl adjacent to an activating group) is 1. The van der Waals surface area contributed by atoms with Crippen molar-refractivity contribution in [2.45, 2.75) is 51.6 Å². The third-order valence-corrected chi connectivity index (χ3v) is 7.19. The van der Waals surface area contributed by atoms with Crippen LogP contribution in [0.15, 0.2) is 36.4 Å². The highest BCUT2D eigenvalue weighted by Gasteiger charge is 2.33. The first kappa shape index (κ1) is 21.8. The molecule has 2 heterocycles. The molecule has 166 valence electrons. The lowest BCUT2D eigenvalue weighted by Crippen LogP contribution is -2.54.